The molecule has 0 fully saturated rings. The Morgan fingerprint density at radius 2 is 1.81 bits per heavy atom. The zero-order valence-electron chi connectivity index (χ0n) is 11.2. The van der Waals surface area contributed by atoms with Crippen molar-refractivity contribution < 1.29 is 15.0 Å². The number of phenols is 1. The van der Waals surface area contributed by atoms with Crippen LogP contribution < -0.4 is 0 Å². The van der Waals surface area contributed by atoms with Gasteiger partial charge >= 0.3 is 5.97 Å². The van der Waals surface area contributed by atoms with Crippen LogP contribution >= 0.6 is 11.3 Å². The van der Waals surface area contributed by atoms with E-state index in [0.717, 1.165) is 34.1 Å². The van der Waals surface area contributed by atoms with Crippen molar-refractivity contribution in [3.63, 3.8) is 0 Å². The molecule has 0 bridgehead atoms. The minimum absolute atomic E-state index is 0.303. The molecule has 0 amide bonds. The van der Waals surface area contributed by atoms with Crippen molar-refractivity contribution in [3.8, 4) is 5.75 Å². The Morgan fingerprint density at radius 3 is 2.52 bits per heavy atom. The highest BCUT2D eigenvalue weighted by Crippen LogP contribution is 2.33. The van der Waals surface area contributed by atoms with E-state index in [1.807, 2.05) is 24.3 Å². The van der Waals surface area contributed by atoms with Crippen LogP contribution in [-0.4, -0.2) is 16.2 Å². The number of carboxylic acid groups (broad SMARTS) is 1. The predicted octanol–water partition coefficient (Wildman–Crippen LogP) is 4.09. The van der Waals surface area contributed by atoms with E-state index in [2.05, 4.69) is 5.38 Å². The van der Waals surface area contributed by atoms with E-state index in [9.17, 15) is 9.90 Å². The summed E-state index contributed by atoms with van der Waals surface area (Å²) in [7, 11) is 0. The molecule has 21 heavy (non-hydrogen) atoms. The van der Waals surface area contributed by atoms with Gasteiger partial charge in [0.1, 0.15) is 5.75 Å². The molecule has 0 spiro atoms. The average Bonchev–Trinajstić information content (AvgIpc) is 2.90. The fourth-order valence-corrected chi connectivity index (χ4v) is 3.43. The second-order valence-electron chi connectivity index (χ2n) is 4.91. The summed E-state index contributed by atoms with van der Waals surface area (Å²) in [5, 5.41) is 21.9. The molecule has 1 aromatic heterocycles. The summed E-state index contributed by atoms with van der Waals surface area (Å²) in [5.74, 6) is -0.583. The van der Waals surface area contributed by atoms with Crippen LogP contribution in [0.3, 0.4) is 0 Å². The second-order valence-corrected chi connectivity index (χ2v) is 5.82. The van der Waals surface area contributed by atoms with Crippen LogP contribution in [0, 0.1) is 0 Å². The van der Waals surface area contributed by atoms with Crippen LogP contribution in [0.2, 0.25) is 0 Å². The molecule has 3 nitrogen and oxygen atoms in total. The zero-order valence-corrected chi connectivity index (χ0v) is 12.1. The number of aromatic carboxylic acids is 1. The summed E-state index contributed by atoms with van der Waals surface area (Å²) in [6.07, 6.45) is 1.64. The van der Waals surface area contributed by atoms with Gasteiger partial charge in [-0.25, -0.2) is 4.79 Å². The number of carboxylic acids is 1. The first-order valence-corrected chi connectivity index (χ1v) is 7.53. The van der Waals surface area contributed by atoms with E-state index < -0.39 is 5.97 Å². The number of phenolic OH excluding ortho intramolecular Hbond substituents is 1. The van der Waals surface area contributed by atoms with E-state index in [0.29, 0.717) is 11.3 Å². The first kappa shape index (κ1) is 13.6. The zero-order chi connectivity index (χ0) is 14.8. The summed E-state index contributed by atoms with van der Waals surface area (Å²) in [4.78, 5) is 10.8. The van der Waals surface area contributed by atoms with Gasteiger partial charge in [-0.15, -0.1) is 11.3 Å². The van der Waals surface area contributed by atoms with Gasteiger partial charge in [0.2, 0.25) is 0 Å². The minimum atomic E-state index is -0.907. The third-order valence-corrected chi connectivity index (χ3v) is 4.53. The fraction of sp³-hybridized carbons (Fsp3) is 0.118. The Bertz CT molecular complexity index is 787. The number of aromatic hydroxyl groups is 1. The number of hydrogen-bond donors (Lipinski definition) is 2. The normalized spacial score (nSPS) is 10.9. The van der Waals surface area contributed by atoms with Crippen LogP contribution in [0.25, 0.3) is 10.1 Å². The molecule has 0 unspecified atom stereocenters. The van der Waals surface area contributed by atoms with Crippen LogP contribution in [-0.2, 0) is 12.8 Å². The maximum absolute atomic E-state index is 10.8. The average molecular weight is 298 g/mol. The maximum Gasteiger partial charge on any atom is 0.335 e. The van der Waals surface area contributed by atoms with Gasteiger partial charge in [-0.3, -0.25) is 0 Å². The Kier molecular flexibility index (Phi) is 3.62. The van der Waals surface area contributed by atoms with Crippen molar-refractivity contribution in [1.29, 1.82) is 0 Å². The standard InChI is InChI=1S/C17H14O3S/c18-14-2-1-3-15-16(14)13(10-21-15)9-6-11-4-7-12(8-5-11)17(19)20/h1-5,7-8,10,18H,6,9H2,(H,19,20). The molecule has 0 aliphatic rings. The van der Waals surface area contributed by atoms with Gasteiger partial charge in [0, 0.05) is 10.1 Å². The first-order chi connectivity index (χ1) is 10.1. The highest BCUT2D eigenvalue weighted by atomic mass is 32.1. The number of hydrogen-bond acceptors (Lipinski definition) is 3. The largest absolute Gasteiger partial charge is 0.507 e. The Labute approximate surface area is 126 Å². The highest BCUT2D eigenvalue weighted by molar-refractivity contribution is 7.17. The van der Waals surface area contributed by atoms with Crippen molar-refractivity contribution in [2.45, 2.75) is 12.8 Å². The number of aryl methyl sites for hydroxylation is 2. The first-order valence-electron chi connectivity index (χ1n) is 6.65. The van der Waals surface area contributed by atoms with Crippen LogP contribution in [0.15, 0.2) is 47.8 Å². The molecular weight excluding hydrogens is 284 g/mol. The maximum atomic E-state index is 10.8. The van der Waals surface area contributed by atoms with E-state index in [1.54, 1.807) is 29.5 Å². The van der Waals surface area contributed by atoms with Gasteiger partial charge in [0.25, 0.3) is 0 Å². The molecule has 106 valence electrons. The molecule has 4 heteroatoms. The topological polar surface area (TPSA) is 57.5 Å². The molecule has 2 aromatic carbocycles. The van der Waals surface area contributed by atoms with Gasteiger partial charge in [-0.2, -0.15) is 0 Å². The van der Waals surface area contributed by atoms with Gasteiger partial charge in [0.05, 0.1) is 5.56 Å². The minimum Gasteiger partial charge on any atom is -0.507 e. The highest BCUT2D eigenvalue weighted by Gasteiger charge is 2.08. The smallest absolute Gasteiger partial charge is 0.335 e. The van der Waals surface area contributed by atoms with Gasteiger partial charge < -0.3 is 10.2 Å². The summed E-state index contributed by atoms with van der Waals surface area (Å²) < 4.78 is 1.09. The molecule has 3 rings (SSSR count). The molecule has 0 radical (unpaired) electrons. The van der Waals surface area contributed by atoms with Crippen molar-refractivity contribution in [3.05, 3.63) is 64.5 Å². The van der Waals surface area contributed by atoms with E-state index in [4.69, 9.17) is 5.11 Å². The number of thiophene rings is 1. The van der Waals surface area contributed by atoms with Gasteiger partial charge in [0.15, 0.2) is 0 Å². The van der Waals surface area contributed by atoms with E-state index in [1.165, 1.54) is 0 Å². The molecular formula is C17H14O3S. The molecule has 0 aliphatic carbocycles. The van der Waals surface area contributed by atoms with Crippen LogP contribution in [0.4, 0.5) is 0 Å². The third-order valence-electron chi connectivity index (χ3n) is 3.54. The summed E-state index contributed by atoms with van der Waals surface area (Å²) in [5.41, 5.74) is 2.53. The van der Waals surface area contributed by atoms with Crippen molar-refractivity contribution in [2.24, 2.45) is 0 Å². The molecule has 1 heterocycles. The Hall–Kier alpha value is -2.33. The SMILES string of the molecule is O=C(O)c1ccc(CCc2csc3cccc(O)c23)cc1. The lowest BCUT2D eigenvalue weighted by Crippen LogP contribution is -1.97. The summed E-state index contributed by atoms with van der Waals surface area (Å²) in [6.45, 7) is 0. The van der Waals surface area contributed by atoms with Crippen molar-refractivity contribution in [2.75, 3.05) is 0 Å². The second kappa shape index (κ2) is 5.58. The predicted molar refractivity (Wildman–Crippen MR) is 84.3 cm³/mol. The van der Waals surface area contributed by atoms with E-state index >= 15 is 0 Å². The summed E-state index contributed by atoms with van der Waals surface area (Å²) in [6, 6.07) is 12.5. The van der Waals surface area contributed by atoms with Crippen molar-refractivity contribution in [1.82, 2.24) is 0 Å². The van der Waals surface area contributed by atoms with Crippen molar-refractivity contribution >= 4 is 27.4 Å². The lowest BCUT2D eigenvalue weighted by molar-refractivity contribution is 0.0697. The van der Waals surface area contributed by atoms with Crippen LogP contribution in [0.1, 0.15) is 21.5 Å². The fourth-order valence-electron chi connectivity index (χ4n) is 2.41. The Morgan fingerprint density at radius 1 is 1.05 bits per heavy atom. The molecule has 0 atom stereocenters. The quantitative estimate of drug-likeness (QED) is 0.762. The number of carbonyl (C=O) groups is 1. The number of rotatable bonds is 4. The summed E-state index contributed by atoms with van der Waals surface area (Å²) >= 11 is 1.63. The number of fused-ring (bicyclic) bond motifs is 1. The number of benzene rings is 2. The molecule has 0 aliphatic heterocycles. The van der Waals surface area contributed by atoms with Crippen LogP contribution in [0.5, 0.6) is 5.75 Å². The third kappa shape index (κ3) is 2.76. The lowest BCUT2D eigenvalue weighted by Gasteiger charge is -2.03. The van der Waals surface area contributed by atoms with E-state index in [-0.39, 0.29) is 0 Å². The monoisotopic (exact) mass is 298 g/mol. The molecule has 0 saturated heterocycles. The van der Waals surface area contributed by atoms with Gasteiger partial charge in [-0.05, 0) is 53.6 Å². The molecule has 2 N–H and O–H groups in total. The van der Waals surface area contributed by atoms with Gasteiger partial charge in [-0.1, -0.05) is 18.2 Å². The molecule has 3 aromatic rings. The lowest BCUT2D eigenvalue weighted by atomic mass is 10.0. The molecule has 0 saturated carbocycles. The Balaban J connectivity index is 1.79.